The van der Waals surface area contributed by atoms with Crippen LogP contribution < -0.4 is 0 Å². The highest BCUT2D eigenvalue weighted by atomic mass is 32.2. The fraction of sp³-hybridized carbons (Fsp3) is 0.526. The Balaban J connectivity index is 1.37. The summed E-state index contributed by atoms with van der Waals surface area (Å²) in [4.78, 5) is 17.6. The van der Waals surface area contributed by atoms with Crippen molar-refractivity contribution in [2.45, 2.75) is 49.6 Å². The number of ether oxygens (including phenoxy) is 3. The standard InChI is InChI=1S/C19H22N2O5S/c1-19(2)25-16-15(23)13(24-18(16)26-19)8-21-14(22)9-27-17(21)11-7-20-12-6-4-3-5-10(11)12/h3-7,13,15-18,20,23H,8-9H2,1-2H3/t13-,15+,16-,17+,18-/m1/s1. The van der Waals surface area contributed by atoms with Gasteiger partial charge in [0.25, 0.3) is 0 Å². The third-order valence-corrected chi connectivity index (χ3v) is 6.58. The molecule has 3 aliphatic heterocycles. The average molecular weight is 390 g/mol. The van der Waals surface area contributed by atoms with Gasteiger partial charge < -0.3 is 29.2 Å². The Morgan fingerprint density at radius 2 is 2.15 bits per heavy atom. The minimum atomic E-state index is -0.834. The van der Waals surface area contributed by atoms with Crippen LogP contribution in [0.5, 0.6) is 0 Å². The Hall–Kier alpha value is -1.58. The van der Waals surface area contributed by atoms with E-state index in [1.54, 1.807) is 30.5 Å². The summed E-state index contributed by atoms with van der Waals surface area (Å²) in [6.07, 6.45) is -0.535. The van der Waals surface area contributed by atoms with Crippen molar-refractivity contribution in [3.8, 4) is 0 Å². The lowest BCUT2D eigenvalue weighted by Crippen LogP contribution is -2.43. The van der Waals surface area contributed by atoms with Gasteiger partial charge in [-0.15, -0.1) is 11.8 Å². The zero-order valence-corrected chi connectivity index (χ0v) is 15.9. The van der Waals surface area contributed by atoms with Crippen molar-refractivity contribution in [1.29, 1.82) is 0 Å². The van der Waals surface area contributed by atoms with Gasteiger partial charge in [-0.3, -0.25) is 4.79 Å². The maximum atomic E-state index is 12.6. The van der Waals surface area contributed by atoms with Crippen molar-refractivity contribution in [2.24, 2.45) is 0 Å². The maximum Gasteiger partial charge on any atom is 0.233 e. The number of benzene rings is 1. The Morgan fingerprint density at radius 1 is 1.33 bits per heavy atom. The number of carbonyl (C=O) groups is 1. The van der Waals surface area contributed by atoms with Crippen LogP contribution in [0, 0.1) is 0 Å². The Morgan fingerprint density at radius 3 is 2.96 bits per heavy atom. The van der Waals surface area contributed by atoms with Crippen LogP contribution in [-0.4, -0.2) is 63.6 Å². The summed E-state index contributed by atoms with van der Waals surface area (Å²) in [5.74, 6) is -0.308. The Kier molecular flexibility index (Phi) is 4.03. The molecule has 0 radical (unpaired) electrons. The van der Waals surface area contributed by atoms with Crippen LogP contribution in [0.1, 0.15) is 24.8 Å². The quantitative estimate of drug-likeness (QED) is 0.834. The van der Waals surface area contributed by atoms with E-state index in [-0.39, 0.29) is 11.3 Å². The van der Waals surface area contributed by atoms with Crippen LogP contribution in [0.4, 0.5) is 0 Å². The van der Waals surface area contributed by atoms with Gasteiger partial charge in [0.2, 0.25) is 5.91 Å². The van der Waals surface area contributed by atoms with Gasteiger partial charge in [0, 0.05) is 22.7 Å². The molecular weight excluding hydrogens is 368 g/mol. The molecule has 0 spiro atoms. The SMILES string of the molecule is CC1(C)O[C@H]2O[C@H](CN3C(=O)CS[C@H]3c3c[nH]c4ccccc34)[C@H](O)[C@H]2O1. The first kappa shape index (κ1) is 17.5. The second kappa shape index (κ2) is 6.22. The number of nitrogens with one attached hydrogen (secondary N) is 1. The number of hydrogen-bond donors (Lipinski definition) is 2. The third kappa shape index (κ3) is 2.87. The number of amides is 1. The first-order chi connectivity index (χ1) is 12.9. The summed E-state index contributed by atoms with van der Waals surface area (Å²) >= 11 is 1.59. The first-order valence-electron chi connectivity index (χ1n) is 9.09. The van der Waals surface area contributed by atoms with E-state index in [4.69, 9.17) is 14.2 Å². The lowest BCUT2D eigenvalue weighted by Gasteiger charge is -2.29. The largest absolute Gasteiger partial charge is 0.387 e. The van der Waals surface area contributed by atoms with Crippen LogP contribution in [0.15, 0.2) is 30.5 Å². The molecule has 8 heteroatoms. The van der Waals surface area contributed by atoms with Gasteiger partial charge in [-0.1, -0.05) is 18.2 Å². The molecule has 1 amide bonds. The minimum Gasteiger partial charge on any atom is -0.387 e. The van der Waals surface area contributed by atoms with Gasteiger partial charge in [0.1, 0.15) is 23.7 Å². The molecule has 4 heterocycles. The van der Waals surface area contributed by atoms with Crippen LogP contribution >= 0.6 is 11.8 Å². The number of H-pyrrole nitrogens is 1. The predicted octanol–water partition coefficient (Wildman–Crippen LogP) is 1.98. The van der Waals surface area contributed by atoms with Crippen molar-refractivity contribution >= 4 is 28.6 Å². The number of thioether (sulfide) groups is 1. The number of hydrogen-bond acceptors (Lipinski definition) is 6. The monoisotopic (exact) mass is 390 g/mol. The molecule has 144 valence electrons. The van der Waals surface area contributed by atoms with E-state index >= 15 is 0 Å². The number of nitrogens with zero attached hydrogens (tertiary/aromatic N) is 1. The summed E-state index contributed by atoms with van der Waals surface area (Å²) in [5.41, 5.74) is 2.12. The lowest BCUT2D eigenvalue weighted by atomic mass is 10.1. The molecule has 0 saturated carbocycles. The molecule has 27 heavy (non-hydrogen) atoms. The molecule has 5 rings (SSSR count). The molecule has 2 N–H and O–H groups in total. The summed E-state index contributed by atoms with van der Waals surface area (Å²) in [7, 11) is 0. The number of para-hydroxylation sites is 1. The smallest absolute Gasteiger partial charge is 0.233 e. The fourth-order valence-corrected chi connectivity index (χ4v) is 5.33. The van der Waals surface area contributed by atoms with Gasteiger partial charge in [-0.25, -0.2) is 0 Å². The molecule has 5 atom stereocenters. The molecule has 7 nitrogen and oxygen atoms in total. The van der Waals surface area contributed by atoms with E-state index in [0.717, 1.165) is 16.5 Å². The second-order valence-electron chi connectivity index (χ2n) is 7.63. The number of carbonyl (C=O) groups excluding carboxylic acids is 1. The van der Waals surface area contributed by atoms with Crippen LogP contribution in [0.25, 0.3) is 10.9 Å². The highest BCUT2D eigenvalue weighted by molar-refractivity contribution is 8.00. The molecule has 0 unspecified atom stereocenters. The average Bonchev–Trinajstić information content (AvgIpc) is 3.34. The zero-order valence-electron chi connectivity index (χ0n) is 15.1. The number of aromatic nitrogens is 1. The van der Waals surface area contributed by atoms with Gasteiger partial charge in [-0.05, 0) is 19.9 Å². The summed E-state index contributed by atoms with van der Waals surface area (Å²) in [6.45, 7) is 3.89. The van der Waals surface area contributed by atoms with Crippen LogP contribution in [0.3, 0.4) is 0 Å². The molecule has 0 bridgehead atoms. The second-order valence-corrected chi connectivity index (χ2v) is 8.70. The van der Waals surface area contributed by atoms with Gasteiger partial charge >= 0.3 is 0 Å². The molecule has 3 saturated heterocycles. The summed E-state index contributed by atoms with van der Waals surface area (Å²) in [5, 5.41) is 11.6. The van der Waals surface area contributed by atoms with Crippen molar-refractivity contribution in [1.82, 2.24) is 9.88 Å². The summed E-state index contributed by atoms with van der Waals surface area (Å²) in [6, 6.07) is 8.05. The molecule has 0 aliphatic carbocycles. The van der Waals surface area contributed by atoms with Crippen LogP contribution in [-0.2, 0) is 19.0 Å². The van der Waals surface area contributed by atoms with E-state index in [2.05, 4.69) is 11.1 Å². The number of rotatable bonds is 3. The molecule has 1 aromatic heterocycles. The maximum absolute atomic E-state index is 12.6. The molecule has 2 aromatic rings. The van der Waals surface area contributed by atoms with Crippen molar-refractivity contribution in [3.63, 3.8) is 0 Å². The van der Waals surface area contributed by atoms with Gasteiger partial charge in [0.05, 0.1) is 12.3 Å². The summed E-state index contributed by atoms with van der Waals surface area (Å²) < 4.78 is 17.3. The fourth-order valence-electron chi connectivity index (χ4n) is 4.11. The minimum absolute atomic E-state index is 0.0466. The van der Waals surface area contributed by atoms with E-state index in [9.17, 15) is 9.90 Å². The van der Waals surface area contributed by atoms with E-state index in [0.29, 0.717) is 12.3 Å². The number of aliphatic hydroxyl groups is 1. The van der Waals surface area contributed by atoms with Crippen molar-refractivity contribution in [3.05, 3.63) is 36.0 Å². The molecular formula is C19H22N2O5S. The normalized spacial score (nSPS) is 35.3. The highest BCUT2D eigenvalue weighted by Crippen LogP contribution is 2.43. The Labute approximate surface area is 160 Å². The zero-order chi connectivity index (χ0) is 18.8. The van der Waals surface area contributed by atoms with Gasteiger partial charge in [0.15, 0.2) is 12.1 Å². The van der Waals surface area contributed by atoms with Crippen molar-refractivity contribution < 1.29 is 24.1 Å². The number of fused-ring (bicyclic) bond motifs is 2. The Bertz CT molecular complexity index is 884. The predicted molar refractivity (Wildman–Crippen MR) is 99.9 cm³/mol. The highest BCUT2D eigenvalue weighted by Gasteiger charge is 2.55. The molecule has 3 aliphatic rings. The first-order valence-corrected chi connectivity index (χ1v) is 10.1. The van der Waals surface area contributed by atoms with Crippen LogP contribution in [0.2, 0.25) is 0 Å². The lowest BCUT2D eigenvalue weighted by molar-refractivity contribution is -0.216. The number of aliphatic hydroxyl groups excluding tert-OH is 1. The molecule has 3 fully saturated rings. The topological polar surface area (TPSA) is 84.0 Å². The van der Waals surface area contributed by atoms with Gasteiger partial charge in [-0.2, -0.15) is 0 Å². The van der Waals surface area contributed by atoms with E-state index in [1.165, 1.54) is 0 Å². The van der Waals surface area contributed by atoms with Crippen molar-refractivity contribution in [2.75, 3.05) is 12.3 Å². The molecule has 1 aromatic carbocycles. The van der Waals surface area contributed by atoms with E-state index in [1.807, 2.05) is 24.4 Å². The van der Waals surface area contributed by atoms with E-state index < -0.39 is 30.4 Å². The third-order valence-electron chi connectivity index (χ3n) is 5.35. The number of aromatic amines is 1.